The Morgan fingerprint density at radius 2 is 1.89 bits per heavy atom. The summed E-state index contributed by atoms with van der Waals surface area (Å²) in [6, 6.07) is -0.474. The second-order valence-corrected chi connectivity index (χ2v) is 11.2. The molecule has 15 heteroatoms. The number of nitrogen functional groups attached to an aromatic ring is 1. The molecule has 1 fully saturated rings. The van der Waals surface area contributed by atoms with Gasteiger partial charge in [0.2, 0.25) is 13.4 Å². The second kappa shape index (κ2) is 13.1. The Hall–Kier alpha value is -2.80. The number of hydrogen-bond donors (Lipinski definition) is 4. The highest BCUT2D eigenvalue weighted by Gasteiger charge is 2.30. The number of nitrogens with two attached hydrogens (primary N) is 1. The van der Waals surface area contributed by atoms with Gasteiger partial charge in [-0.1, -0.05) is 6.92 Å². The Morgan fingerprint density at radius 3 is 2.57 bits per heavy atom. The number of rotatable bonds is 16. The van der Waals surface area contributed by atoms with Gasteiger partial charge in [0, 0.05) is 19.1 Å². The number of fused-ring (bicyclic) bond motifs is 1. The largest absolute Gasteiger partial charge is 0.466 e. The van der Waals surface area contributed by atoms with Crippen LogP contribution in [-0.4, -0.2) is 76.3 Å². The minimum atomic E-state index is -3.46. The van der Waals surface area contributed by atoms with E-state index in [4.69, 9.17) is 19.9 Å². The van der Waals surface area contributed by atoms with Gasteiger partial charge in [0.1, 0.15) is 12.4 Å². The summed E-state index contributed by atoms with van der Waals surface area (Å²) in [6.07, 6.45) is 3.55. The van der Waals surface area contributed by atoms with Gasteiger partial charge in [0.05, 0.1) is 32.1 Å². The maximum Gasteiger partial charge on any atom is 0.323 e. The topological polar surface area (TPSA) is 185 Å². The predicted molar refractivity (Wildman–Crippen MR) is 138 cm³/mol. The van der Waals surface area contributed by atoms with Crippen molar-refractivity contribution in [3.63, 3.8) is 0 Å². The number of anilines is 2. The number of esters is 2. The first-order valence-corrected chi connectivity index (χ1v) is 14.3. The van der Waals surface area contributed by atoms with Crippen LogP contribution in [0.4, 0.5) is 11.8 Å². The fourth-order valence-corrected chi connectivity index (χ4v) is 5.36. The molecule has 37 heavy (non-hydrogen) atoms. The van der Waals surface area contributed by atoms with Crippen LogP contribution in [0.5, 0.6) is 0 Å². The minimum absolute atomic E-state index is 0.0706. The molecule has 0 bridgehead atoms. The van der Waals surface area contributed by atoms with E-state index >= 15 is 0 Å². The average molecular weight is 541 g/mol. The Morgan fingerprint density at radius 1 is 1.19 bits per heavy atom. The van der Waals surface area contributed by atoms with Crippen LogP contribution >= 0.6 is 7.44 Å². The molecule has 1 unspecified atom stereocenters. The number of carbonyl (C=O) groups excluding carboxylic acids is 2. The van der Waals surface area contributed by atoms with E-state index in [1.54, 1.807) is 38.6 Å². The lowest BCUT2D eigenvalue weighted by atomic mass is 10.2. The summed E-state index contributed by atoms with van der Waals surface area (Å²) >= 11 is 0. The Kier molecular flexibility index (Phi) is 10.2. The maximum atomic E-state index is 13.6. The normalized spacial score (nSPS) is 16.6. The van der Waals surface area contributed by atoms with Crippen molar-refractivity contribution in [3.8, 4) is 0 Å². The maximum absolute atomic E-state index is 13.6. The Bertz CT molecular complexity index is 1120. The number of nitrogens with one attached hydrogen (secondary N) is 3. The van der Waals surface area contributed by atoms with Gasteiger partial charge in [0.25, 0.3) is 0 Å². The van der Waals surface area contributed by atoms with Crippen molar-refractivity contribution in [1.29, 1.82) is 0 Å². The highest BCUT2D eigenvalue weighted by molar-refractivity contribution is 7.59. The molecule has 1 saturated carbocycles. The van der Waals surface area contributed by atoms with Gasteiger partial charge in [-0.3, -0.25) is 19.2 Å². The fraction of sp³-hybridized carbons (Fsp3) is 0.682. The number of ether oxygens (including phenoxy) is 3. The zero-order chi connectivity index (χ0) is 27.0. The molecule has 0 aromatic carbocycles. The van der Waals surface area contributed by atoms with Crippen LogP contribution in [0.2, 0.25) is 0 Å². The summed E-state index contributed by atoms with van der Waals surface area (Å²) in [5.74, 6) is -0.759. The lowest BCUT2D eigenvalue weighted by molar-refractivity contribution is -0.147. The zero-order valence-corrected chi connectivity index (χ0v) is 22.6. The molecule has 206 valence electrons. The van der Waals surface area contributed by atoms with Crippen LogP contribution in [0.1, 0.15) is 40.5 Å². The lowest BCUT2D eigenvalue weighted by Gasteiger charge is -2.25. The molecule has 5 N–H and O–H groups in total. The summed E-state index contributed by atoms with van der Waals surface area (Å²) in [7, 11) is -3.46. The van der Waals surface area contributed by atoms with Crippen molar-refractivity contribution in [1.82, 2.24) is 29.7 Å². The molecule has 1 aliphatic carbocycles. The third-order valence-electron chi connectivity index (χ3n) is 5.53. The van der Waals surface area contributed by atoms with E-state index in [0.717, 1.165) is 12.8 Å². The first-order valence-electron chi connectivity index (χ1n) is 12.4. The third kappa shape index (κ3) is 8.35. The van der Waals surface area contributed by atoms with E-state index < -0.39 is 31.3 Å². The monoisotopic (exact) mass is 540 g/mol. The van der Waals surface area contributed by atoms with Crippen molar-refractivity contribution in [2.24, 2.45) is 5.92 Å². The van der Waals surface area contributed by atoms with E-state index in [1.165, 1.54) is 0 Å². The van der Waals surface area contributed by atoms with Crippen molar-refractivity contribution in [2.75, 3.05) is 43.8 Å². The van der Waals surface area contributed by atoms with Crippen molar-refractivity contribution in [3.05, 3.63) is 6.33 Å². The van der Waals surface area contributed by atoms with Crippen molar-refractivity contribution in [2.45, 2.75) is 59.2 Å². The number of aromatic nitrogens is 4. The molecular formula is C22H37N8O6P. The molecule has 3 rings (SSSR count). The van der Waals surface area contributed by atoms with Crippen LogP contribution in [-0.2, 0) is 34.9 Å². The van der Waals surface area contributed by atoms with E-state index in [0.29, 0.717) is 29.6 Å². The van der Waals surface area contributed by atoms with Crippen LogP contribution in [0.3, 0.4) is 0 Å². The predicted octanol–water partition coefficient (Wildman–Crippen LogP) is 1.48. The molecule has 0 radical (unpaired) electrons. The molecule has 0 saturated heterocycles. The molecule has 14 nitrogen and oxygen atoms in total. The number of carbonyl (C=O) groups is 2. The van der Waals surface area contributed by atoms with Gasteiger partial charge in [0.15, 0.2) is 17.0 Å². The molecule has 2 heterocycles. The van der Waals surface area contributed by atoms with Gasteiger partial charge in [-0.15, -0.1) is 0 Å². The van der Waals surface area contributed by atoms with E-state index in [2.05, 4.69) is 30.4 Å². The summed E-state index contributed by atoms with van der Waals surface area (Å²) in [5, 5.41) is 8.98. The standard InChI is InChI=1S/C22H37N8O6P/c1-5-35-20(31)14(3)11-25-37(33,29-15(4)21(32)36-6-2)13-34-10-9-30-12-24-17-18(26-16-7-8-16)27-22(23)28-19(17)30/h12,14-16H,5-11,13H2,1-4H3,(H2,25,29,33)(H3,23,26,27,28)/t14-,15+,37?/m1/s1. The SMILES string of the molecule is CCOC(=O)[C@H](C)CNP(=O)(COCCn1cnc2c(NC3CC3)nc(N)nc21)N[C@@H](C)C(=O)OCC. The Balaban J connectivity index is 1.62. The molecule has 2 aromatic heterocycles. The fourth-order valence-electron chi connectivity index (χ4n) is 3.42. The highest BCUT2D eigenvalue weighted by Crippen LogP contribution is 2.37. The van der Waals surface area contributed by atoms with Gasteiger partial charge in [-0.25, -0.2) is 10.1 Å². The van der Waals surface area contributed by atoms with Gasteiger partial charge in [-0.05, 0) is 33.6 Å². The average Bonchev–Trinajstić information content (AvgIpc) is 3.58. The van der Waals surface area contributed by atoms with Gasteiger partial charge >= 0.3 is 11.9 Å². The highest BCUT2D eigenvalue weighted by atomic mass is 31.2. The molecular weight excluding hydrogens is 503 g/mol. The Labute approximate surface area is 215 Å². The van der Waals surface area contributed by atoms with E-state index in [-0.39, 0.29) is 38.7 Å². The lowest BCUT2D eigenvalue weighted by Crippen LogP contribution is -2.39. The molecule has 3 atom stereocenters. The molecule has 0 spiro atoms. The van der Waals surface area contributed by atoms with Crippen LogP contribution in [0.25, 0.3) is 11.2 Å². The number of hydrogen-bond acceptors (Lipinski definition) is 11. The van der Waals surface area contributed by atoms with Crippen LogP contribution < -0.4 is 21.2 Å². The molecule has 0 aliphatic heterocycles. The van der Waals surface area contributed by atoms with Crippen LogP contribution in [0, 0.1) is 5.92 Å². The summed E-state index contributed by atoms with van der Waals surface area (Å²) in [5.41, 5.74) is 7.08. The van der Waals surface area contributed by atoms with E-state index in [1.807, 2.05) is 0 Å². The quantitative estimate of drug-likeness (QED) is 0.136. The first kappa shape index (κ1) is 28.8. The third-order valence-corrected chi connectivity index (χ3v) is 7.58. The van der Waals surface area contributed by atoms with Gasteiger partial charge < -0.3 is 29.8 Å². The molecule has 2 aromatic rings. The van der Waals surface area contributed by atoms with E-state index in [9.17, 15) is 14.2 Å². The summed E-state index contributed by atoms with van der Waals surface area (Å²) < 4.78 is 31.2. The van der Waals surface area contributed by atoms with Gasteiger partial charge in [-0.2, -0.15) is 9.97 Å². The summed E-state index contributed by atoms with van der Waals surface area (Å²) in [6.45, 7) is 7.68. The number of nitrogens with zero attached hydrogens (tertiary/aromatic N) is 4. The second-order valence-electron chi connectivity index (χ2n) is 8.85. The van der Waals surface area contributed by atoms with Crippen LogP contribution in [0.15, 0.2) is 6.33 Å². The molecule has 1 aliphatic rings. The molecule has 0 amide bonds. The zero-order valence-electron chi connectivity index (χ0n) is 21.7. The summed E-state index contributed by atoms with van der Waals surface area (Å²) in [4.78, 5) is 37.1. The van der Waals surface area contributed by atoms with Crippen molar-refractivity contribution >= 4 is 42.3 Å². The first-order chi connectivity index (χ1) is 17.7. The minimum Gasteiger partial charge on any atom is -0.466 e. The number of imidazole rings is 1. The van der Waals surface area contributed by atoms with Crippen molar-refractivity contribution < 1.29 is 28.4 Å². The smallest absolute Gasteiger partial charge is 0.323 e.